The van der Waals surface area contributed by atoms with Gasteiger partial charge in [-0.25, -0.2) is 4.79 Å². The van der Waals surface area contributed by atoms with Crippen LogP contribution >= 0.6 is 0 Å². The topological polar surface area (TPSA) is 89.9 Å². The molecule has 1 N–H and O–H groups in total. The molecule has 0 bridgehead atoms. The van der Waals surface area contributed by atoms with E-state index in [1.54, 1.807) is 0 Å². The molecule has 2 aromatic carbocycles. The summed E-state index contributed by atoms with van der Waals surface area (Å²) in [4.78, 5) is 36.5. The second-order valence-electron chi connectivity index (χ2n) is 4.98. The first-order valence-electron chi connectivity index (χ1n) is 6.70. The zero-order valence-corrected chi connectivity index (χ0v) is 12.4. The van der Waals surface area contributed by atoms with Crippen LogP contribution < -0.4 is 9.47 Å². The minimum Gasteiger partial charge on any atom is -0.497 e. The average Bonchev–Trinajstić information content (AvgIpc) is 2.57. The minimum atomic E-state index is -1.16. The maximum atomic E-state index is 12.7. The lowest BCUT2D eigenvalue weighted by Gasteiger charge is -2.20. The molecule has 0 unspecified atom stereocenters. The Labute approximate surface area is 131 Å². The number of carbonyl (C=O) groups excluding carboxylic acids is 2. The summed E-state index contributed by atoms with van der Waals surface area (Å²) in [7, 11) is 2.84. The van der Waals surface area contributed by atoms with Gasteiger partial charge in [0.1, 0.15) is 11.5 Å². The monoisotopic (exact) mass is 312 g/mol. The molecule has 6 heteroatoms. The van der Waals surface area contributed by atoms with Crippen LogP contribution in [0, 0.1) is 0 Å². The van der Waals surface area contributed by atoms with Gasteiger partial charge in [-0.1, -0.05) is 0 Å². The molecule has 0 aromatic heterocycles. The zero-order valence-electron chi connectivity index (χ0n) is 12.4. The smallest absolute Gasteiger partial charge is 0.335 e. The van der Waals surface area contributed by atoms with Crippen LogP contribution in [0.1, 0.15) is 42.2 Å². The van der Waals surface area contributed by atoms with Crippen molar-refractivity contribution in [3.8, 4) is 11.5 Å². The summed E-state index contributed by atoms with van der Waals surface area (Å²) < 4.78 is 10.3. The fraction of sp³-hybridized carbons (Fsp3) is 0.118. The van der Waals surface area contributed by atoms with Crippen LogP contribution in [0.5, 0.6) is 11.5 Å². The first kappa shape index (κ1) is 14.8. The van der Waals surface area contributed by atoms with E-state index in [-0.39, 0.29) is 39.4 Å². The number of benzene rings is 2. The lowest BCUT2D eigenvalue weighted by Crippen LogP contribution is -2.22. The third kappa shape index (κ3) is 2.15. The lowest BCUT2D eigenvalue weighted by atomic mass is 9.82. The Bertz CT molecular complexity index is 866. The second-order valence-corrected chi connectivity index (χ2v) is 4.98. The molecule has 0 spiro atoms. The van der Waals surface area contributed by atoms with E-state index in [0.29, 0.717) is 5.75 Å². The van der Waals surface area contributed by atoms with E-state index < -0.39 is 11.8 Å². The lowest BCUT2D eigenvalue weighted by molar-refractivity contribution is 0.0696. The maximum Gasteiger partial charge on any atom is 0.335 e. The Balaban J connectivity index is 2.28. The number of aromatic carboxylic acids is 1. The Morgan fingerprint density at radius 1 is 0.913 bits per heavy atom. The van der Waals surface area contributed by atoms with Crippen molar-refractivity contribution < 1.29 is 29.0 Å². The van der Waals surface area contributed by atoms with Crippen molar-refractivity contribution in [1.82, 2.24) is 0 Å². The first-order valence-corrected chi connectivity index (χ1v) is 6.70. The number of carbonyl (C=O) groups is 3. The van der Waals surface area contributed by atoms with E-state index in [2.05, 4.69) is 0 Å². The molecule has 0 heterocycles. The van der Waals surface area contributed by atoms with Gasteiger partial charge >= 0.3 is 5.97 Å². The maximum absolute atomic E-state index is 12.7. The molecule has 0 fully saturated rings. The molecule has 2 aromatic rings. The number of ketones is 2. The highest BCUT2D eigenvalue weighted by Crippen LogP contribution is 2.36. The number of carboxylic acid groups (broad SMARTS) is 1. The highest BCUT2D eigenvalue weighted by Gasteiger charge is 2.33. The molecule has 6 nitrogen and oxygen atoms in total. The van der Waals surface area contributed by atoms with Gasteiger partial charge < -0.3 is 14.6 Å². The van der Waals surface area contributed by atoms with Crippen molar-refractivity contribution in [2.45, 2.75) is 0 Å². The van der Waals surface area contributed by atoms with E-state index >= 15 is 0 Å². The number of rotatable bonds is 3. The normalized spacial score (nSPS) is 12.4. The van der Waals surface area contributed by atoms with Gasteiger partial charge in [0.2, 0.25) is 0 Å². The quantitative estimate of drug-likeness (QED) is 0.797. The van der Waals surface area contributed by atoms with E-state index in [0.717, 1.165) is 0 Å². The molecule has 1 aliphatic rings. The standard InChI is InChI=1S/C17H12O6/c1-22-9-6-12-14(13(7-9)23-2)16(19)10-4-3-8(17(20)21)5-11(10)15(12)18/h3-7H,1-2H3,(H,20,21). The van der Waals surface area contributed by atoms with Crippen molar-refractivity contribution in [2.75, 3.05) is 14.2 Å². The van der Waals surface area contributed by atoms with Crippen molar-refractivity contribution in [2.24, 2.45) is 0 Å². The number of carboxylic acids is 1. The summed E-state index contributed by atoms with van der Waals surface area (Å²) in [6, 6.07) is 6.85. The van der Waals surface area contributed by atoms with Crippen LogP contribution in [0.4, 0.5) is 0 Å². The van der Waals surface area contributed by atoms with Crippen LogP contribution in [0.25, 0.3) is 0 Å². The summed E-state index contributed by atoms with van der Waals surface area (Å²) in [5.74, 6) is -1.37. The van der Waals surface area contributed by atoms with Crippen LogP contribution in [0.2, 0.25) is 0 Å². The van der Waals surface area contributed by atoms with Crippen molar-refractivity contribution in [3.63, 3.8) is 0 Å². The molecular weight excluding hydrogens is 300 g/mol. The number of hydrogen-bond acceptors (Lipinski definition) is 5. The molecule has 0 saturated heterocycles. The van der Waals surface area contributed by atoms with Crippen LogP contribution in [-0.4, -0.2) is 36.9 Å². The highest BCUT2D eigenvalue weighted by atomic mass is 16.5. The van der Waals surface area contributed by atoms with Gasteiger partial charge in [-0.3, -0.25) is 9.59 Å². The van der Waals surface area contributed by atoms with Gasteiger partial charge in [-0.15, -0.1) is 0 Å². The molecule has 116 valence electrons. The Morgan fingerprint density at radius 3 is 2.26 bits per heavy atom. The third-order valence-electron chi connectivity index (χ3n) is 3.76. The van der Waals surface area contributed by atoms with E-state index in [9.17, 15) is 14.4 Å². The van der Waals surface area contributed by atoms with Gasteiger partial charge in [0.05, 0.1) is 25.3 Å². The molecule has 23 heavy (non-hydrogen) atoms. The van der Waals surface area contributed by atoms with Gasteiger partial charge in [0.15, 0.2) is 11.6 Å². The fourth-order valence-electron chi connectivity index (χ4n) is 2.63. The summed E-state index contributed by atoms with van der Waals surface area (Å²) in [5.41, 5.74) is 0.479. The summed E-state index contributed by atoms with van der Waals surface area (Å²) in [6.45, 7) is 0. The highest BCUT2D eigenvalue weighted by molar-refractivity contribution is 6.29. The van der Waals surface area contributed by atoms with Crippen LogP contribution in [0.3, 0.4) is 0 Å². The number of fused-ring (bicyclic) bond motifs is 2. The van der Waals surface area contributed by atoms with Crippen molar-refractivity contribution in [1.29, 1.82) is 0 Å². The van der Waals surface area contributed by atoms with E-state index in [4.69, 9.17) is 14.6 Å². The number of ether oxygens (including phenoxy) is 2. The SMILES string of the molecule is COc1cc(OC)c2c(c1)C(=O)c1cc(C(=O)O)ccc1C2=O. The second kappa shape index (κ2) is 5.24. The molecule has 1 aliphatic carbocycles. The summed E-state index contributed by atoms with van der Waals surface area (Å²) >= 11 is 0. The number of hydrogen-bond donors (Lipinski definition) is 1. The molecule has 0 amide bonds. The molecule has 0 atom stereocenters. The average molecular weight is 312 g/mol. The molecular formula is C17H12O6. The van der Waals surface area contributed by atoms with Gasteiger partial charge in [0.25, 0.3) is 0 Å². The van der Waals surface area contributed by atoms with Gasteiger partial charge in [-0.05, 0) is 24.3 Å². The van der Waals surface area contributed by atoms with Gasteiger partial charge in [0, 0.05) is 22.8 Å². The fourth-order valence-corrected chi connectivity index (χ4v) is 2.63. The third-order valence-corrected chi connectivity index (χ3v) is 3.76. The largest absolute Gasteiger partial charge is 0.497 e. The molecule has 0 aliphatic heterocycles. The van der Waals surface area contributed by atoms with Crippen molar-refractivity contribution in [3.05, 3.63) is 58.1 Å². The minimum absolute atomic E-state index is 0.0526. The van der Waals surface area contributed by atoms with Crippen molar-refractivity contribution >= 4 is 17.5 Å². The summed E-state index contributed by atoms with van der Waals surface area (Å²) in [6.07, 6.45) is 0. The Hall–Kier alpha value is -3.15. The molecule has 0 radical (unpaired) electrons. The summed E-state index contributed by atoms with van der Waals surface area (Å²) in [5, 5.41) is 9.06. The van der Waals surface area contributed by atoms with Crippen LogP contribution in [0.15, 0.2) is 30.3 Å². The first-order chi connectivity index (χ1) is 11.0. The van der Waals surface area contributed by atoms with E-state index in [1.807, 2.05) is 0 Å². The number of methoxy groups -OCH3 is 2. The van der Waals surface area contributed by atoms with Gasteiger partial charge in [-0.2, -0.15) is 0 Å². The predicted octanol–water partition coefficient (Wildman–Crippen LogP) is 2.18. The predicted molar refractivity (Wildman–Crippen MR) is 79.8 cm³/mol. The Kier molecular flexibility index (Phi) is 3.37. The molecule has 0 saturated carbocycles. The Morgan fingerprint density at radius 2 is 1.65 bits per heavy atom. The zero-order chi connectivity index (χ0) is 16.7. The molecule has 3 rings (SSSR count). The van der Waals surface area contributed by atoms with Crippen LogP contribution in [-0.2, 0) is 0 Å². The van der Waals surface area contributed by atoms with E-state index in [1.165, 1.54) is 44.6 Å².